The maximum absolute atomic E-state index is 9.05. The summed E-state index contributed by atoms with van der Waals surface area (Å²) >= 11 is 0. The van der Waals surface area contributed by atoms with Crippen molar-refractivity contribution in [3.8, 4) is 11.8 Å². The molecule has 1 heterocycles. The maximum Gasteiger partial charge on any atom is 0.123 e. The summed E-state index contributed by atoms with van der Waals surface area (Å²) in [6.07, 6.45) is 2.51. The lowest BCUT2D eigenvalue weighted by Gasteiger charge is -2.38. The number of nitrogens with zero attached hydrogens (tertiary/aromatic N) is 2. The molecule has 0 aromatic heterocycles. The van der Waals surface area contributed by atoms with Crippen LogP contribution in [0.5, 0.6) is 5.75 Å². The van der Waals surface area contributed by atoms with E-state index in [0.29, 0.717) is 11.0 Å². The highest BCUT2D eigenvalue weighted by atomic mass is 16.5. The van der Waals surface area contributed by atoms with Crippen LogP contribution in [-0.4, -0.2) is 25.1 Å². The van der Waals surface area contributed by atoms with Gasteiger partial charge in [0.05, 0.1) is 18.7 Å². The van der Waals surface area contributed by atoms with Crippen LogP contribution in [0.4, 0.5) is 0 Å². The van der Waals surface area contributed by atoms with E-state index in [1.54, 1.807) is 7.11 Å². The zero-order valence-corrected chi connectivity index (χ0v) is 13.6. The number of nitriles is 1. The highest BCUT2D eigenvalue weighted by Crippen LogP contribution is 2.35. The lowest BCUT2D eigenvalue weighted by molar-refractivity contribution is 0.107. The Morgan fingerprint density at radius 3 is 2.48 bits per heavy atom. The highest BCUT2D eigenvalue weighted by molar-refractivity contribution is 5.42. The quantitative estimate of drug-likeness (QED) is 0.847. The van der Waals surface area contributed by atoms with Gasteiger partial charge in [0.1, 0.15) is 5.75 Å². The van der Waals surface area contributed by atoms with E-state index >= 15 is 0 Å². The molecule has 3 nitrogen and oxygen atoms in total. The third kappa shape index (κ3) is 3.98. The zero-order valence-electron chi connectivity index (χ0n) is 13.6. The molecule has 1 aromatic rings. The van der Waals surface area contributed by atoms with Gasteiger partial charge in [0.15, 0.2) is 0 Å². The van der Waals surface area contributed by atoms with E-state index < -0.39 is 0 Å². The van der Waals surface area contributed by atoms with Crippen molar-refractivity contribution in [2.75, 3.05) is 20.2 Å². The number of rotatable bonds is 3. The predicted octanol–water partition coefficient (Wildman–Crippen LogP) is 3.82. The van der Waals surface area contributed by atoms with Gasteiger partial charge in [0.2, 0.25) is 0 Å². The van der Waals surface area contributed by atoms with Gasteiger partial charge in [-0.25, -0.2) is 0 Å². The summed E-state index contributed by atoms with van der Waals surface area (Å²) in [6, 6.07) is 7.87. The molecule has 0 saturated carbocycles. The molecule has 1 aliphatic rings. The molecule has 0 bridgehead atoms. The second kappa shape index (κ2) is 6.49. The SMILES string of the molecule is COc1ccc(C#N)cc1CN1CCC(C(C)(C)C)CC1. The Labute approximate surface area is 128 Å². The van der Waals surface area contributed by atoms with Crippen LogP contribution in [0.3, 0.4) is 0 Å². The minimum Gasteiger partial charge on any atom is -0.496 e. The lowest BCUT2D eigenvalue weighted by atomic mass is 9.75. The Morgan fingerprint density at radius 1 is 1.29 bits per heavy atom. The fraction of sp³-hybridized carbons (Fsp3) is 0.611. The first-order valence-corrected chi connectivity index (χ1v) is 7.73. The number of likely N-dealkylation sites (tertiary alicyclic amines) is 1. The minimum atomic E-state index is 0.407. The number of hydrogen-bond donors (Lipinski definition) is 0. The molecule has 1 saturated heterocycles. The van der Waals surface area contributed by atoms with Gasteiger partial charge >= 0.3 is 0 Å². The zero-order chi connectivity index (χ0) is 15.5. The monoisotopic (exact) mass is 286 g/mol. The van der Waals surface area contributed by atoms with Crippen molar-refractivity contribution < 1.29 is 4.74 Å². The first-order chi connectivity index (χ1) is 9.94. The molecule has 0 N–H and O–H groups in total. The summed E-state index contributed by atoms with van der Waals surface area (Å²) in [7, 11) is 1.69. The van der Waals surface area contributed by atoms with Crippen molar-refractivity contribution in [1.29, 1.82) is 5.26 Å². The summed E-state index contributed by atoms with van der Waals surface area (Å²) in [6.45, 7) is 10.1. The van der Waals surface area contributed by atoms with Crippen molar-refractivity contribution in [1.82, 2.24) is 4.90 Å². The summed E-state index contributed by atoms with van der Waals surface area (Å²) < 4.78 is 5.43. The third-order valence-corrected chi connectivity index (χ3v) is 4.62. The fourth-order valence-electron chi connectivity index (χ4n) is 3.17. The minimum absolute atomic E-state index is 0.407. The molecule has 0 amide bonds. The average molecular weight is 286 g/mol. The average Bonchev–Trinajstić information content (AvgIpc) is 2.46. The summed E-state index contributed by atoms with van der Waals surface area (Å²) in [5, 5.41) is 9.05. The standard InChI is InChI=1S/C18H26N2O/c1-18(2,3)16-7-9-20(10-8-16)13-15-11-14(12-19)5-6-17(15)21-4/h5-6,11,16H,7-10,13H2,1-4H3. The largest absolute Gasteiger partial charge is 0.496 e. The Bertz CT molecular complexity index is 517. The summed E-state index contributed by atoms with van der Waals surface area (Å²) in [5.74, 6) is 1.69. The van der Waals surface area contributed by atoms with Crippen LogP contribution in [0.2, 0.25) is 0 Å². The van der Waals surface area contributed by atoms with Crippen LogP contribution in [0.15, 0.2) is 18.2 Å². The van der Waals surface area contributed by atoms with Crippen molar-refractivity contribution in [2.24, 2.45) is 11.3 Å². The maximum atomic E-state index is 9.05. The highest BCUT2D eigenvalue weighted by Gasteiger charge is 2.28. The number of ether oxygens (including phenoxy) is 1. The van der Waals surface area contributed by atoms with Gasteiger partial charge in [0.25, 0.3) is 0 Å². The Morgan fingerprint density at radius 2 is 1.95 bits per heavy atom. The van der Waals surface area contributed by atoms with Crippen molar-refractivity contribution in [2.45, 2.75) is 40.2 Å². The number of piperidine rings is 1. The molecule has 0 atom stereocenters. The lowest BCUT2D eigenvalue weighted by Crippen LogP contribution is -2.37. The van der Waals surface area contributed by atoms with Crippen LogP contribution in [0.1, 0.15) is 44.7 Å². The Kier molecular flexibility index (Phi) is 4.90. The molecule has 3 heteroatoms. The predicted molar refractivity (Wildman–Crippen MR) is 85.2 cm³/mol. The van der Waals surface area contributed by atoms with Crippen LogP contribution in [0.25, 0.3) is 0 Å². The van der Waals surface area contributed by atoms with E-state index in [9.17, 15) is 0 Å². The molecule has 114 valence electrons. The van der Waals surface area contributed by atoms with Gasteiger partial charge in [0, 0.05) is 12.1 Å². The number of hydrogen-bond acceptors (Lipinski definition) is 3. The fourth-order valence-corrected chi connectivity index (χ4v) is 3.17. The number of methoxy groups -OCH3 is 1. The van der Waals surface area contributed by atoms with Crippen LogP contribution < -0.4 is 4.74 Å². The second-order valence-electron chi connectivity index (χ2n) is 7.05. The molecule has 1 aromatic carbocycles. The summed E-state index contributed by atoms with van der Waals surface area (Å²) in [5.41, 5.74) is 2.23. The molecule has 1 aliphatic heterocycles. The number of benzene rings is 1. The molecular formula is C18H26N2O. The topological polar surface area (TPSA) is 36.3 Å². The Balaban J connectivity index is 2.02. The van der Waals surface area contributed by atoms with E-state index in [0.717, 1.165) is 36.9 Å². The van der Waals surface area contributed by atoms with Crippen molar-refractivity contribution in [3.63, 3.8) is 0 Å². The van der Waals surface area contributed by atoms with Crippen molar-refractivity contribution >= 4 is 0 Å². The first kappa shape index (κ1) is 15.9. The molecule has 0 aliphatic carbocycles. The van der Waals surface area contributed by atoms with Crippen molar-refractivity contribution in [3.05, 3.63) is 29.3 Å². The normalized spacial score (nSPS) is 17.5. The van der Waals surface area contributed by atoms with E-state index in [4.69, 9.17) is 10.00 Å². The molecule has 0 unspecified atom stereocenters. The summed E-state index contributed by atoms with van der Waals surface area (Å²) in [4.78, 5) is 2.47. The Hall–Kier alpha value is -1.53. The first-order valence-electron chi connectivity index (χ1n) is 7.73. The molecule has 21 heavy (non-hydrogen) atoms. The molecule has 2 rings (SSSR count). The smallest absolute Gasteiger partial charge is 0.123 e. The van der Waals surface area contributed by atoms with Gasteiger partial charge in [-0.3, -0.25) is 4.90 Å². The van der Waals surface area contributed by atoms with Crippen LogP contribution in [0, 0.1) is 22.7 Å². The molecular weight excluding hydrogens is 260 g/mol. The van der Waals surface area contributed by atoms with Crippen LogP contribution >= 0.6 is 0 Å². The van der Waals surface area contributed by atoms with Gasteiger partial charge in [-0.1, -0.05) is 20.8 Å². The van der Waals surface area contributed by atoms with E-state index in [1.807, 2.05) is 18.2 Å². The van der Waals surface area contributed by atoms with E-state index in [2.05, 4.69) is 31.7 Å². The molecule has 0 spiro atoms. The third-order valence-electron chi connectivity index (χ3n) is 4.62. The second-order valence-corrected chi connectivity index (χ2v) is 7.05. The van der Waals surface area contributed by atoms with Gasteiger partial charge in [-0.2, -0.15) is 5.26 Å². The van der Waals surface area contributed by atoms with Gasteiger partial charge in [-0.05, 0) is 55.5 Å². The molecule has 0 radical (unpaired) electrons. The van der Waals surface area contributed by atoms with E-state index in [1.165, 1.54) is 12.8 Å². The van der Waals surface area contributed by atoms with Gasteiger partial charge in [-0.15, -0.1) is 0 Å². The van der Waals surface area contributed by atoms with Crippen LogP contribution in [-0.2, 0) is 6.54 Å². The van der Waals surface area contributed by atoms with E-state index in [-0.39, 0.29) is 0 Å². The molecule has 1 fully saturated rings. The van der Waals surface area contributed by atoms with Gasteiger partial charge < -0.3 is 4.74 Å².